The number of likely N-dealkylation sites (N-methyl/N-ethyl adjacent to an activating group) is 1. The SMILES string of the molecule is CN(C)CC(Nc1cccc(OCNc2cccc(-n3cn[nH]c3=S)c2)c1)C(=O)O. The molecule has 0 fully saturated rings. The van der Waals surface area contributed by atoms with Gasteiger partial charge in [-0.1, -0.05) is 12.1 Å². The number of hydrogen-bond donors (Lipinski definition) is 4. The lowest BCUT2D eigenvalue weighted by atomic mass is 10.2. The van der Waals surface area contributed by atoms with E-state index in [0.29, 0.717) is 22.8 Å². The first-order chi connectivity index (χ1) is 14.4. The van der Waals surface area contributed by atoms with Crippen LogP contribution in [0.1, 0.15) is 0 Å². The molecule has 3 rings (SSSR count). The average Bonchev–Trinajstić information content (AvgIpc) is 3.14. The quantitative estimate of drug-likeness (QED) is 0.288. The number of ether oxygens (including phenoxy) is 1. The predicted molar refractivity (Wildman–Crippen MR) is 118 cm³/mol. The van der Waals surface area contributed by atoms with E-state index in [1.165, 1.54) is 0 Å². The van der Waals surface area contributed by atoms with Gasteiger partial charge in [-0.2, -0.15) is 5.10 Å². The highest BCUT2D eigenvalue weighted by molar-refractivity contribution is 7.71. The first-order valence-electron chi connectivity index (χ1n) is 9.25. The van der Waals surface area contributed by atoms with Crippen molar-refractivity contribution in [1.29, 1.82) is 0 Å². The average molecular weight is 429 g/mol. The predicted octanol–water partition coefficient (Wildman–Crippen LogP) is 2.80. The molecule has 10 heteroatoms. The van der Waals surface area contributed by atoms with Gasteiger partial charge in [0.2, 0.25) is 0 Å². The van der Waals surface area contributed by atoms with E-state index in [0.717, 1.165) is 11.4 Å². The summed E-state index contributed by atoms with van der Waals surface area (Å²) in [6.45, 7) is 0.614. The molecule has 1 atom stereocenters. The lowest BCUT2D eigenvalue weighted by Gasteiger charge is -2.20. The molecule has 0 aliphatic carbocycles. The maximum Gasteiger partial charge on any atom is 0.327 e. The van der Waals surface area contributed by atoms with Gasteiger partial charge in [0, 0.05) is 24.0 Å². The van der Waals surface area contributed by atoms with Gasteiger partial charge in [-0.3, -0.25) is 9.67 Å². The first-order valence-corrected chi connectivity index (χ1v) is 9.66. The van der Waals surface area contributed by atoms with E-state index in [1.54, 1.807) is 17.0 Å². The standard InChI is InChI=1S/C20H24N6O3S/c1-25(2)11-18(19(27)28)23-15-6-4-8-17(10-15)29-13-21-14-5-3-7-16(9-14)26-12-22-24-20(26)30/h3-10,12,18,21,23H,11,13H2,1-2H3,(H,24,30)(H,27,28). The van der Waals surface area contributed by atoms with Crippen molar-refractivity contribution in [2.45, 2.75) is 6.04 Å². The number of nitrogens with zero attached hydrogens (tertiary/aromatic N) is 3. The number of aromatic amines is 1. The molecule has 0 aliphatic rings. The minimum Gasteiger partial charge on any atom is -0.480 e. The van der Waals surface area contributed by atoms with E-state index in [-0.39, 0.29) is 6.73 Å². The number of hydrogen-bond acceptors (Lipinski definition) is 7. The summed E-state index contributed by atoms with van der Waals surface area (Å²) in [6, 6.07) is 14.2. The number of rotatable bonds is 10. The molecule has 1 unspecified atom stereocenters. The maximum absolute atomic E-state index is 11.4. The smallest absolute Gasteiger partial charge is 0.327 e. The fourth-order valence-electron chi connectivity index (χ4n) is 2.83. The van der Waals surface area contributed by atoms with Crippen LogP contribution in [0.15, 0.2) is 54.9 Å². The molecule has 30 heavy (non-hydrogen) atoms. The van der Waals surface area contributed by atoms with Crippen LogP contribution < -0.4 is 15.4 Å². The molecule has 0 saturated carbocycles. The Morgan fingerprint density at radius 3 is 2.73 bits per heavy atom. The number of aliphatic carboxylic acids is 1. The fourth-order valence-corrected chi connectivity index (χ4v) is 3.03. The van der Waals surface area contributed by atoms with E-state index >= 15 is 0 Å². The van der Waals surface area contributed by atoms with Gasteiger partial charge in [0.15, 0.2) is 11.5 Å². The van der Waals surface area contributed by atoms with Crippen LogP contribution in [-0.4, -0.2) is 64.2 Å². The monoisotopic (exact) mass is 428 g/mol. The van der Waals surface area contributed by atoms with Crippen LogP contribution in [-0.2, 0) is 4.79 Å². The van der Waals surface area contributed by atoms with Crippen molar-refractivity contribution in [2.75, 3.05) is 38.0 Å². The summed E-state index contributed by atoms with van der Waals surface area (Å²) in [4.78, 5) is 13.3. The summed E-state index contributed by atoms with van der Waals surface area (Å²) in [5, 5.41) is 22.3. The molecule has 9 nitrogen and oxygen atoms in total. The molecule has 0 bridgehead atoms. The van der Waals surface area contributed by atoms with E-state index in [2.05, 4.69) is 20.8 Å². The Labute approximate surface area is 179 Å². The fraction of sp³-hybridized carbons (Fsp3) is 0.250. The molecule has 2 aromatic carbocycles. The molecule has 0 aliphatic heterocycles. The first kappa shape index (κ1) is 21.3. The third kappa shape index (κ3) is 5.82. The van der Waals surface area contributed by atoms with Gasteiger partial charge in [-0.25, -0.2) is 4.79 Å². The summed E-state index contributed by atoms with van der Waals surface area (Å²) in [6.07, 6.45) is 1.62. The Bertz CT molecular complexity index is 1050. The number of anilines is 2. The summed E-state index contributed by atoms with van der Waals surface area (Å²) < 4.78 is 8.06. The van der Waals surface area contributed by atoms with Crippen molar-refractivity contribution in [3.63, 3.8) is 0 Å². The molecule has 3 aromatic rings. The van der Waals surface area contributed by atoms with Gasteiger partial charge in [0.25, 0.3) is 0 Å². The number of aromatic nitrogens is 3. The Balaban J connectivity index is 1.59. The van der Waals surface area contributed by atoms with Gasteiger partial charge in [0.1, 0.15) is 18.1 Å². The summed E-state index contributed by atoms with van der Waals surface area (Å²) in [5.41, 5.74) is 2.42. The maximum atomic E-state index is 11.4. The second-order valence-electron chi connectivity index (χ2n) is 6.87. The van der Waals surface area contributed by atoms with Crippen LogP contribution in [0, 0.1) is 4.77 Å². The third-order valence-electron chi connectivity index (χ3n) is 4.21. The lowest BCUT2D eigenvalue weighted by molar-refractivity contribution is -0.138. The number of carbonyl (C=O) groups is 1. The van der Waals surface area contributed by atoms with Crippen molar-refractivity contribution in [1.82, 2.24) is 19.7 Å². The molecule has 0 radical (unpaired) electrons. The van der Waals surface area contributed by atoms with Gasteiger partial charge < -0.3 is 25.4 Å². The molecule has 4 N–H and O–H groups in total. The van der Waals surface area contributed by atoms with Gasteiger partial charge >= 0.3 is 5.97 Å². The summed E-state index contributed by atoms with van der Waals surface area (Å²) in [5.74, 6) is -0.288. The van der Waals surface area contributed by atoms with Gasteiger partial charge in [-0.15, -0.1) is 0 Å². The molecular weight excluding hydrogens is 404 g/mol. The van der Waals surface area contributed by atoms with Crippen LogP contribution in [0.4, 0.5) is 11.4 Å². The summed E-state index contributed by atoms with van der Waals surface area (Å²) in [7, 11) is 3.66. The van der Waals surface area contributed by atoms with E-state index in [1.807, 2.05) is 61.5 Å². The topological polar surface area (TPSA) is 107 Å². The second kappa shape index (κ2) is 9.90. The number of benzene rings is 2. The van der Waals surface area contributed by atoms with E-state index < -0.39 is 12.0 Å². The molecule has 0 saturated heterocycles. The van der Waals surface area contributed by atoms with Crippen molar-refractivity contribution in [2.24, 2.45) is 0 Å². The van der Waals surface area contributed by atoms with E-state index in [4.69, 9.17) is 17.0 Å². The van der Waals surface area contributed by atoms with Crippen LogP contribution in [0.25, 0.3) is 5.69 Å². The number of carboxylic acids is 1. The van der Waals surface area contributed by atoms with Crippen LogP contribution in [0.3, 0.4) is 0 Å². The van der Waals surface area contributed by atoms with Crippen LogP contribution >= 0.6 is 12.2 Å². The van der Waals surface area contributed by atoms with Gasteiger partial charge in [-0.05, 0) is 56.6 Å². The highest BCUT2D eigenvalue weighted by atomic mass is 32.1. The number of H-pyrrole nitrogens is 1. The summed E-state index contributed by atoms with van der Waals surface area (Å²) >= 11 is 5.20. The Morgan fingerprint density at radius 1 is 1.27 bits per heavy atom. The molecule has 0 amide bonds. The van der Waals surface area contributed by atoms with Gasteiger partial charge in [0.05, 0.1) is 5.69 Å². The van der Waals surface area contributed by atoms with Crippen molar-refractivity contribution >= 4 is 29.6 Å². The Kier molecular flexibility index (Phi) is 7.04. The van der Waals surface area contributed by atoms with Crippen LogP contribution in [0.2, 0.25) is 0 Å². The molecule has 158 valence electrons. The van der Waals surface area contributed by atoms with E-state index in [9.17, 15) is 9.90 Å². The lowest BCUT2D eigenvalue weighted by Crippen LogP contribution is -2.38. The minimum absolute atomic E-state index is 0.240. The highest BCUT2D eigenvalue weighted by Gasteiger charge is 2.18. The van der Waals surface area contributed by atoms with Crippen molar-refractivity contribution in [3.8, 4) is 11.4 Å². The second-order valence-corrected chi connectivity index (χ2v) is 7.26. The normalized spacial score (nSPS) is 11.8. The number of carboxylic acid groups (broad SMARTS) is 1. The van der Waals surface area contributed by atoms with Crippen molar-refractivity contribution < 1.29 is 14.6 Å². The highest BCUT2D eigenvalue weighted by Crippen LogP contribution is 2.19. The zero-order chi connectivity index (χ0) is 21.5. The Morgan fingerprint density at radius 2 is 2.03 bits per heavy atom. The molecule has 1 heterocycles. The Hall–Kier alpha value is -3.37. The zero-order valence-electron chi connectivity index (χ0n) is 16.7. The zero-order valence-corrected chi connectivity index (χ0v) is 17.5. The largest absolute Gasteiger partial charge is 0.480 e. The minimum atomic E-state index is -0.908. The third-order valence-corrected chi connectivity index (χ3v) is 4.50. The molecule has 1 aromatic heterocycles. The number of nitrogens with one attached hydrogen (secondary N) is 3. The molecular formula is C20H24N6O3S. The van der Waals surface area contributed by atoms with Crippen LogP contribution in [0.5, 0.6) is 5.75 Å². The molecule has 0 spiro atoms. The van der Waals surface area contributed by atoms with Crippen molar-refractivity contribution in [3.05, 3.63) is 59.6 Å².